The Morgan fingerprint density at radius 1 is 1.28 bits per heavy atom. The predicted molar refractivity (Wildman–Crippen MR) is 138 cm³/mol. The molecule has 196 valence electrons. The SMILES string of the molecule is CCCN(C1CCc2ncsc2C1)C(CCC(N)=O)C1c2cc(OC)c(OC)cc2CCN1C(=O)O. The Morgan fingerprint density at radius 2 is 2.03 bits per heavy atom. The van der Waals surface area contributed by atoms with Gasteiger partial charge in [0.25, 0.3) is 0 Å². The lowest BCUT2D eigenvalue weighted by Gasteiger charge is -2.48. The van der Waals surface area contributed by atoms with Gasteiger partial charge in [0.2, 0.25) is 5.91 Å². The zero-order chi connectivity index (χ0) is 25.8. The Kier molecular flexibility index (Phi) is 8.35. The molecule has 10 heteroatoms. The van der Waals surface area contributed by atoms with E-state index in [1.54, 1.807) is 25.6 Å². The highest BCUT2D eigenvalue weighted by molar-refractivity contribution is 7.09. The van der Waals surface area contributed by atoms with Gasteiger partial charge in [-0.3, -0.25) is 14.6 Å². The molecule has 0 saturated heterocycles. The maximum atomic E-state index is 12.5. The first-order valence-electron chi connectivity index (χ1n) is 12.6. The largest absolute Gasteiger partial charge is 0.493 e. The summed E-state index contributed by atoms with van der Waals surface area (Å²) < 4.78 is 11.1. The molecular formula is C26H36N4O5S. The highest BCUT2D eigenvalue weighted by atomic mass is 32.1. The number of nitrogens with zero attached hydrogens (tertiary/aromatic N) is 3. The number of methoxy groups -OCH3 is 2. The fraction of sp³-hybridized carbons (Fsp3) is 0.577. The van der Waals surface area contributed by atoms with E-state index in [9.17, 15) is 14.7 Å². The van der Waals surface area contributed by atoms with E-state index in [-0.39, 0.29) is 24.4 Å². The zero-order valence-corrected chi connectivity index (χ0v) is 22.1. The molecule has 0 spiro atoms. The van der Waals surface area contributed by atoms with E-state index in [4.69, 9.17) is 15.2 Å². The van der Waals surface area contributed by atoms with Crippen LogP contribution in [-0.4, -0.2) is 71.3 Å². The van der Waals surface area contributed by atoms with Gasteiger partial charge < -0.3 is 20.3 Å². The summed E-state index contributed by atoms with van der Waals surface area (Å²) in [5, 5.41) is 10.3. The Balaban J connectivity index is 1.80. The quantitative estimate of drug-likeness (QED) is 0.495. The lowest BCUT2D eigenvalue weighted by atomic mass is 9.83. The first-order valence-corrected chi connectivity index (χ1v) is 13.4. The normalized spacial score (nSPS) is 19.9. The van der Waals surface area contributed by atoms with E-state index < -0.39 is 12.1 Å². The topological polar surface area (TPSA) is 118 Å². The van der Waals surface area contributed by atoms with Crippen LogP contribution in [0.1, 0.15) is 60.3 Å². The molecule has 4 rings (SSSR count). The molecular weight excluding hydrogens is 480 g/mol. The third-order valence-corrected chi connectivity index (χ3v) is 8.35. The van der Waals surface area contributed by atoms with Gasteiger partial charge in [0, 0.05) is 29.9 Å². The van der Waals surface area contributed by atoms with Crippen molar-refractivity contribution < 1.29 is 24.2 Å². The van der Waals surface area contributed by atoms with Crippen LogP contribution in [0.5, 0.6) is 11.5 Å². The first kappa shape index (κ1) is 26.2. The Bertz CT molecular complexity index is 1090. The number of hydrogen-bond acceptors (Lipinski definition) is 7. The van der Waals surface area contributed by atoms with Gasteiger partial charge >= 0.3 is 6.09 Å². The average Bonchev–Trinajstić information content (AvgIpc) is 3.34. The van der Waals surface area contributed by atoms with Crippen molar-refractivity contribution in [2.24, 2.45) is 5.73 Å². The van der Waals surface area contributed by atoms with Crippen LogP contribution in [0.2, 0.25) is 0 Å². The molecule has 2 aromatic rings. The van der Waals surface area contributed by atoms with Gasteiger partial charge in [0.1, 0.15) is 0 Å². The molecule has 0 saturated carbocycles. The minimum atomic E-state index is -0.964. The summed E-state index contributed by atoms with van der Waals surface area (Å²) in [6.07, 6.45) is 3.93. The van der Waals surface area contributed by atoms with Crippen molar-refractivity contribution in [2.75, 3.05) is 27.3 Å². The number of hydrogen-bond donors (Lipinski definition) is 2. The molecule has 3 atom stereocenters. The highest BCUT2D eigenvalue weighted by Gasteiger charge is 2.42. The van der Waals surface area contributed by atoms with E-state index in [1.807, 2.05) is 17.6 Å². The second kappa shape index (κ2) is 11.5. The molecule has 1 aliphatic carbocycles. The second-order valence-corrected chi connectivity index (χ2v) is 10.4. The lowest BCUT2D eigenvalue weighted by molar-refractivity contribution is -0.118. The summed E-state index contributed by atoms with van der Waals surface area (Å²) in [4.78, 5) is 34.3. The molecule has 9 nitrogen and oxygen atoms in total. The van der Waals surface area contributed by atoms with Crippen molar-refractivity contribution in [3.8, 4) is 11.5 Å². The van der Waals surface area contributed by atoms with Crippen molar-refractivity contribution in [3.63, 3.8) is 0 Å². The molecule has 2 heterocycles. The van der Waals surface area contributed by atoms with Gasteiger partial charge in [0.05, 0.1) is 31.5 Å². The third kappa shape index (κ3) is 5.29. The number of ether oxygens (including phenoxy) is 2. The number of fused-ring (bicyclic) bond motifs is 2. The van der Waals surface area contributed by atoms with Gasteiger partial charge in [-0.25, -0.2) is 9.78 Å². The number of aromatic nitrogens is 1. The zero-order valence-electron chi connectivity index (χ0n) is 21.2. The molecule has 3 N–H and O–H groups in total. The van der Waals surface area contributed by atoms with Crippen molar-refractivity contribution in [3.05, 3.63) is 39.3 Å². The van der Waals surface area contributed by atoms with E-state index >= 15 is 0 Å². The second-order valence-electron chi connectivity index (χ2n) is 9.51. The predicted octanol–water partition coefficient (Wildman–Crippen LogP) is 3.64. The Labute approximate surface area is 216 Å². The van der Waals surface area contributed by atoms with Crippen LogP contribution in [0.3, 0.4) is 0 Å². The smallest absolute Gasteiger partial charge is 0.407 e. The average molecular weight is 517 g/mol. The number of primary amides is 1. The molecule has 3 unspecified atom stereocenters. The van der Waals surface area contributed by atoms with Crippen LogP contribution >= 0.6 is 11.3 Å². The number of aryl methyl sites for hydroxylation is 1. The fourth-order valence-electron chi connectivity index (χ4n) is 5.84. The molecule has 0 bridgehead atoms. The van der Waals surface area contributed by atoms with Crippen LogP contribution in [0, 0.1) is 0 Å². The molecule has 0 fully saturated rings. The first-order chi connectivity index (χ1) is 17.4. The van der Waals surface area contributed by atoms with E-state index in [2.05, 4.69) is 16.8 Å². The van der Waals surface area contributed by atoms with Crippen LogP contribution in [0.25, 0.3) is 0 Å². The van der Waals surface area contributed by atoms with Crippen LogP contribution < -0.4 is 15.2 Å². The molecule has 1 aromatic carbocycles. The molecule has 2 aliphatic rings. The van der Waals surface area contributed by atoms with Crippen molar-refractivity contribution in [1.29, 1.82) is 0 Å². The van der Waals surface area contributed by atoms with Crippen LogP contribution in [0.4, 0.5) is 4.79 Å². The maximum Gasteiger partial charge on any atom is 0.407 e. The molecule has 0 radical (unpaired) electrons. The van der Waals surface area contributed by atoms with Gasteiger partial charge in [0.15, 0.2) is 11.5 Å². The number of rotatable bonds is 10. The lowest BCUT2D eigenvalue weighted by Crippen LogP contribution is -2.55. The van der Waals surface area contributed by atoms with Crippen molar-refractivity contribution >= 4 is 23.3 Å². The highest BCUT2D eigenvalue weighted by Crippen LogP contribution is 2.43. The number of benzene rings is 1. The van der Waals surface area contributed by atoms with Gasteiger partial charge in [-0.1, -0.05) is 6.92 Å². The summed E-state index contributed by atoms with van der Waals surface area (Å²) >= 11 is 1.69. The van der Waals surface area contributed by atoms with Gasteiger partial charge in [-0.2, -0.15) is 0 Å². The van der Waals surface area contributed by atoms with Gasteiger partial charge in [-0.15, -0.1) is 11.3 Å². The van der Waals surface area contributed by atoms with E-state index in [1.165, 1.54) is 15.5 Å². The third-order valence-electron chi connectivity index (χ3n) is 7.46. The Morgan fingerprint density at radius 3 is 2.69 bits per heavy atom. The van der Waals surface area contributed by atoms with Crippen molar-refractivity contribution in [1.82, 2.24) is 14.8 Å². The summed E-state index contributed by atoms with van der Waals surface area (Å²) in [7, 11) is 3.18. The molecule has 1 aliphatic heterocycles. The summed E-state index contributed by atoms with van der Waals surface area (Å²) in [5.41, 5.74) is 10.7. The molecule has 1 aromatic heterocycles. The number of thiazole rings is 1. The summed E-state index contributed by atoms with van der Waals surface area (Å²) in [6, 6.07) is 3.43. The number of carboxylic acid groups (broad SMARTS) is 1. The summed E-state index contributed by atoms with van der Waals surface area (Å²) in [6.45, 7) is 3.31. The molecule has 36 heavy (non-hydrogen) atoms. The van der Waals surface area contributed by atoms with Crippen LogP contribution in [-0.2, 0) is 24.1 Å². The Hall–Kier alpha value is -2.85. The number of nitrogens with two attached hydrogens (primary N) is 1. The molecule has 2 amide bonds. The minimum Gasteiger partial charge on any atom is -0.493 e. The summed E-state index contributed by atoms with van der Waals surface area (Å²) in [5.74, 6) is 0.814. The monoisotopic (exact) mass is 516 g/mol. The van der Waals surface area contributed by atoms with E-state index in [0.717, 1.165) is 43.4 Å². The standard InChI is InChI=1S/C26H36N4O5S/c1-4-10-29(17-5-6-19-23(13-17)36-15-28-19)20(7-8-24(27)31)25-18-14-22(35-3)21(34-2)12-16(18)9-11-30(25)26(32)33/h12,14-15,17,20,25H,4-11,13H2,1-3H3,(H2,27,31)(H,32,33). The minimum absolute atomic E-state index is 0.190. The number of carbonyl (C=O) groups is 2. The van der Waals surface area contributed by atoms with E-state index in [0.29, 0.717) is 30.9 Å². The number of carbonyl (C=O) groups excluding carboxylic acids is 1. The number of amides is 2. The van der Waals surface area contributed by atoms with Gasteiger partial charge in [-0.05, 0) is 68.3 Å². The fourth-order valence-corrected chi connectivity index (χ4v) is 6.73. The van der Waals surface area contributed by atoms with Crippen molar-refractivity contribution in [2.45, 2.75) is 70.0 Å². The van der Waals surface area contributed by atoms with Crippen LogP contribution in [0.15, 0.2) is 17.6 Å². The maximum absolute atomic E-state index is 12.5.